The topological polar surface area (TPSA) is 29.1 Å². The summed E-state index contributed by atoms with van der Waals surface area (Å²) in [4.78, 5) is 10.9. The highest BCUT2D eigenvalue weighted by molar-refractivity contribution is 6.34. The Labute approximate surface area is 125 Å². The van der Waals surface area contributed by atoms with E-state index < -0.39 is 34.5 Å². The molecule has 0 atom stereocenters. The highest BCUT2D eigenvalue weighted by Crippen LogP contribution is 2.54. The van der Waals surface area contributed by atoms with Crippen LogP contribution in [0.4, 0.5) is 36.4 Å². The number of anilines is 1. The summed E-state index contributed by atoms with van der Waals surface area (Å²) in [5.74, 6) is -0.643. The fraction of sp³-hybridized carbons (Fsp3) is 0.417. The number of amides is 1. The van der Waals surface area contributed by atoms with E-state index in [0.717, 1.165) is 13.8 Å². The summed E-state index contributed by atoms with van der Waals surface area (Å²) in [6.45, 7) is 2.16. The van der Waals surface area contributed by atoms with Crippen LogP contribution in [0.3, 0.4) is 0 Å². The first-order chi connectivity index (χ1) is 9.71. The van der Waals surface area contributed by atoms with Crippen molar-refractivity contribution in [2.45, 2.75) is 31.9 Å². The second-order valence-electron chi connectivity index (χ2n) is 4.49. The maximum atomic E-state index is 13.9. The molecule has 0 aliphatic heterocycles. The minimum Gasteiger partial charge on any atom is -0.325 e. The van der Waals surface area contributed by atoms with Crippen molar-refractivity contribution in [1.29, 1.82) is 0 Å². The molecule has 1 rings (SSSR count). The normalized spacial score (nSPS) is 13.2. The van der Waals surface area contributed by atoms with Crippen LogP contribution >= 0.6 is 11.6 Å². The number of nitrogens with one attached hydrogen (secondary N) is 1. The van der Waals surface area contributed by atoms with Crippen molar-refractivity contribution in [3.8, 4) is 0 Å². The number of hydrogen-bond acceptors (Lipinski definition) is 1. The van der Waals surface area contributed by atoms with Crippen LogP contribution in [0.1, 0.15) is 18.1 Å². The summed E-state index contributed by atoms with van der Waals surface area (Å²) in [6.07, 6.45) is -12.5. The number of aryl methyl sites for hydroxylation is 1. The summed E-state index contributed by atoms with van der Waals surface area (Å²) in [7, 11) is 0. The summed E-state index contributed by atoms with van der Waals surface area (Å²) >= 11 is 5.57. The van der Waals surface area contributed by atoms with E-state index in [1.807, 2.05) is 0 Å². The minimum absolute atomic E-state index is 0.190. The van der Waals surface area contributed by atoms with Crippen molar-refractivity contribution in [2.75, 3.05) is 5.32 Å². The Hall–Kier alpha value is -1.51. The van der Waals surface area contributed by atoms with Gasteiger partial charge in [-0.2, -0.15) is 26.3 Å². The second kappa shape index (κ2) is 5.60. The van der Waals surface area contributed by atoms with Gasteiger partial charge in [0.05, 0.1) is 10.7 Å². The number of carbonyl (C=O) groups excluding carboxylic acids is 1. The summed E-state index contributed by atoms with van der Waals surface area (Å²) < 4.78 is 89.8. The van der Waals surface area contributed by atoms with E-state index >= 15 is 0 Å². The van der Waals surface area contributed by atoms with Gasteiger partial charge in [-0.1, -0.05) is 17.7 Å². The average molecular weight is 352 g/mol. The zero-order chi connectivity index (χ0) is 17.5. The quantitative estimate of drug-likeness (QED) is 0.755. The molecular formula is C12H9ClF7NO. The number of benzene rings is 1. The second-order valence-corrected chi connectivity index (χ2v) is 4.89. The van der Waals surface area contributed by atoms with Gasteiger partial charge >= 0.3 is 18.0 Å². The first-order valence-electron chi connectivity index (χ1n) is 5.62. The number of rotatable bonds is 2. The van der Waals surface area contributed by atoms with E-state index in [-0.39, 0.29) is 17.3 Å². The van der Waals surface area contributed by atoms with Crippen LogP contribution in [0.15, 0.2) is 12.1 Å². The van der Waals surface area contributed by atoms with E-state index in [9.17, 15) is 35.5 Å². The Bertz CT molecular complexity index is 557. The molecule has 0 radical (unpaired) electrons. The van der Waals surface area contributed by atoms with Crippen molar-refractivity contribution < 1.29 is 35.5 Å². The van der Waals surface area contributed by atoms with Gasteiger partial charge in [-0.15, -0.1) is 0 Å². The molecule has 0 unspecified atom stereocenters. The SMILES string of the molecule is CC(=O)Nc1c(C)cc(C(F)(C(F)(F)F)C(F)(F)F)cc1Cl. The third kappa shape index (κ3) is 3.13. The molecule has 0 bridgehead atoms. The van der Waals surface area contributed by atoms with E-state index in [4.69, 9.17) is 11.6 Å². The third-order valence-electron chi connectivity index (χ3n) is 2.77. The molecule has 124 valence electrons. The van der Waals surface area contributed by atoms with E-state index in [1.54, 1.807) is 0 Å². The number of halogens is 8. The lowest BCUT2D eigenvalue weighted by Crippen LogP contribution is -2.50. The molecule has 0 spiro atoms. The monoisotopic (exact) mass is 351 g/mol. The van der Waals surface area contributed by atoms with Crippen molar-refractivity contribution in [1.82, 2.24) is 0 Å². The molecule has 22 heavy (non-hydrogen) atoms. The molecule has 0 saturated carbocycles. The van der Waals surface area contributed by atoms with Gasteiger partial charge in [0.15, 0.2) is 0 Å². The third-order valence-corrected chi connectivity index (χ3v) is 3.07. The van der Waals surface area contributed by atoms with Gasteiger partial charge in [0.2, 0.25) is 5.91 Å². The predicted octanol–water partition coefficient (Wildman–Crippen LogP) is 4.90. The van der Waals surface area contributed by atoms with Gasteiger partial charge in [0.1, 0.15) is 0 Å². The standard InChI is InChI=1S/C12H9ClF7NO/c1-5-3-7(4-8(13)9(5)21-6(2)22)10(14,11(15,16)17)12(18,19)20/h3-4H,1-2H3,(H,21,22). The zero-order valence-corrected chi connectivity index (χ0v) is 11.8. The molecule has 10 heteroatoms. The Kier molecular flexibility index (Phi) is 4.72. The van der Waals surface area contributed by atoms with Gasteiger partial charge in [-0.25, -0.2) is 4.39 Å². The smallest absolute Gasteiger partial charge is 0.325 e. The van der Waals surface area contributed by atoms with Gasteiger partial charge in [-0.05, 0) is 18.6 Å². The van der Waals surface area contributed by atoms with Crippen LogP contribution in [0.2, 0.25) is 5.02 Å². The van der Waals surface area contributed by atoms with Crippen molar-refractivity contribution in [3.05, 3.63) is 28.3 Å². The molecule has 0 fully saturated rings. The zero-order valence-electron chi connectivity index (χ0n) is 11.1. The van der Waals surface area contributed by atoms with E-state index in [1.165, 1.54) is 0 Å². The maximum Gasteiger partial charge on any atom is 0.435 e. The Balaban J connectivity index is 3.58. The molecule has 1 aromatic carbocycles. The molecule has 2 nitrogen and oxygen atoms in total. The summed E-state index contributed by atoms with van der Waals surface area (Å²) in [5, 5.41) is 1.50. The van der Waals surface area contributed by atoms with Gasteiger partial charge in [-0.3, -0.25) is 4.79 Å². The Morgan fingerprint density at radius 2 is 1.50 bits per heavy atom. The molecular weight excluding hydrogens is 343 g/mol. The van der Waals surface area contributed by atoms with Gasteiger partial charge in [0, 0.05) is 12.5 Å². The van der Waals surface area contributed by atoms with Crippen molar-refractivity contribution in [2.24, 2.45) is 0 Å². The van der Waals surface area contributed by atoms with Crippen molar-refractivity contribution in [3.63, 3.8) is 0 Å². The average Bonchev–Trinajstić information content (AvgIpc) is 2.29. The van der Waals surface area contributed by atoms with Crippen LogP contribution < -0.4 is 5.32 Å². The van der Waals surface area contributed by atoms with Crippen LogP contribution in [0.5, 0.6) is 0 Å². The lowest BCUT2D eigenvalue weighted by atomic mass is 9.92. The number of hydrogen-bond donors (Lipinski definition) is 1. The highest BCUT2D eigenvalue weighted by atomic mass is 35.5. The predicted molar refractivity (Wildman–Crippen MR) is 65.4 cm³/mol. The molecule has 1 N–H and O–H groups in total. The first-order valence-corrected chi connectivity index (χ1v) is 6.00. The maximum absolute atomic E-state index is 13.9. The van der Waals surface area contributed by atoms with Gasteiger partial charge in [0.25, 0.3) is 0 Å². The molecule has 0 heterocycles. The Morgan fingerprint density at radius 3 is 1.82 bits per heavy atom. The number of alkyl halides is 7. The van der Waals surface area contributed by atoms with Gasteiger partial charge < -0.3 is 5.32 Å². The largest absolute Gasteiger partial charge is 0.435 e. The minimum atomic E-state index is -6.23. The molecule has 0 aliphatic carbocycles. The van der Waals surface area contributed by atoms with Crippen LogP contribution in [0.25, 0.3) is 0 Å². The van der Waals surface area contributed by atoms with E-state index in [2.05, 4.69) is 5.32 Å². The summed E-state index contributed by atoms with van der Waals surface area (Å²) in [5.41, 5.74) is -7.70. The summed E-state index contributed by atoms with van der Waals surface area (Å²) in [6, 6.07) is 0.541. The van der Waals surface area contributed by atoms with Crippen LogP contribution in [0, 0.1) is 6.92 Å². The van der Waals surface area contributed by atoms with Crippen LogP contribution in [-0.2, 0) is 10.5 Å². The Morgan fingerprint density at radius 1 is 1.05 bits per heavy atom. The molecule has 1 aromatic rings. The van der Waals surface area contributed by atoms with E-state index in [0.29, 0.717) is 6.07 Å². The fourth-order valence-electron chi connectivity index (χ4n) is 1.77. The lowest BCUT2D eigenvalue weighted by molar-refractivity contribution is -0.348. The fourth-order valence-corrected chi connectivity index (χ4v) is 2.08. The van der Waals surface area contributed by atoms with Crippen LogP contribution in [-0.4, -0.2) is 18.3 Å². The van der Waals surface area contributed by atoms with Crippen molar-refractivity contribution >= 4 is 23.2 Å². The molecule has 1 amide bonds. The highest BCUT2D eigenvalue weighted by Gasteiger charge is 2.73. The molecule has 0 aromatic heterocycles. The molecule has 0 aliphatic rings. The first kappa shape index (κ1) is 18.5. The number of carbonyl (C=O) groups is 1. The lowest BCUT2D eigenvalue weighted by Gasteiger charge is -2.31. The molecule has 0 saturated heterocycles.